The van der Waals surface area contributed by atoms with Gasteiger partial charge in [-0.2, -0.15) is 30.4 Å². The normalized spacial score (nSPS) is 12.5. The molecular formula is C12H15F5O3S. The lowest BCUT2D eigenvalue weighted by atomic mass is 10.2. The molecule has 0 bridgehead atoms. The van der Waals surface area contributed by atoms with E-state index in [0.717, 1.165) is 0 Å². The molecule has 0 aliphatic carbocycles. The van der Waals surface area contributed by atoms with Crippen molar-refractivity contribution in [1.82, 2.24) is 0 Å². The van der Waals surface area contributed by atoms with Gasteiger partial charge in [-0.25, -0.2) is 0 Å². The number of benzene rings is 1. The van der Waals surface area contributed by atoms with Crippen molar-refractivity contribution >= 4 is 10.1 Å². The van der Waals surface area contributed by atoms with E-state index in [-0.39, 0.29) is 12.2 Å². The molecule has 0 saturated heterocycles. The van der Waals surface area contributed by atoms with Crippen LogP contribution in [0.2, 0.25) is 0 Å². The molecule has 1 aromatic carbocycles. The van der Waals surface area contributed by atoms with E-state index in [1.54, 1.807) is 30.3 Å². The van der Waals surface area contributed by atoms with Crippen LogP contribution in [0, 0.1) is 0 Å². The molecule has 0 aliphatic rings. The number of rotatable bonds is 4. The van der Waals surface area contributed by atoms with Crippen molar-refractivity contribution in [3.63, 3.8) is 0 Å². The Labute approximate surface area is 119 Å². The molecule has 9 heteroatoms. The van der Waals surface area contributed by atoms with Crippen LogP contribution in [0.15, 0.2) is 30.3 Å². The van der Waals surface area contributed by atoms with Gasteiger partial charge >= 0.3 is 12.1 Å². The Morgan fingerprint density at radius 3 is 1.81 bits per heavy atom. The molecule has 3 nitrogen and oxygen atoms in total. The molecule has 21 heavy (non-hydrogen) atoms. The van der Waals surface area contributed by atoms with Crippen LogP contribution < -0.4 is 0 Å². The lowest BCUT2D eigenvalue weighted by Gasteiger charge is -2.18. The van der Waals surface area contributed by atoms with Gasteiger partial charge in [0.05, 0.1) is 0 Å². The molecule has 122 valence electrons. The minimum absolute atomic E-state index is 0.174. The first-order valence-corrected chi connectivity index (χ1v) is 7.43. The van der Waals surface area contributed by atoms with E-state index in [0.29, 0.717) is 5.56 Å². The maximum Gasteiger partial charge on any atom is 0.453 e. The predicted octanol–water partition coefficient (Wildman–Crippen LogP) is 4.06. The minimum atomic E-state index is -5.39. The smallest absolute Gasteiger partial charge is 0.285 e. The van der Waals surface area contributed by atoms with Gasteiger partial charge in [0.1, 0.15) is 5.75 Å². The van der Waals surface area contributed by atoms with Crippen molar-refractivity contribution in [2.45, 2.75) is 37.6 Å². The quantitative estimate of drug-likeness (QED) is 0.667. The summed E-state index contributed by atoms with van der Waals surface area (Å²) in [6.45, 7) is 1.28. The number of hydrogen-bond acceptors (Lipinski definition) is 2. The van der Waals surface area contributed by atoms with Gasteiger partial charge in [0.15, 0.2) is 0 Å². The third-order valence-electron chi connectivity index (χ3n) is 2.17. The molecule has 0 amide bonds. The van der Waals surface area contributed by atoms with Crippen molar-refractivity contribution in [1.29, 1.82) is 0 Å². The molecule has 0 saturated carbocycles. The third-order valence-corrected chi connectivity index (χ3v) is 2.87. The molecule has 0 spiro atoms. The zero-order valence-corrected chi connectivity index (χ0v) is 11.9. The molecule has 1 N–H and O–H groups in total. The van der Waals surface area contributed by atoms with Crippen LogP contribution in [0.1, 0.15) is 25.3 Å². The predicted molar refractivity (Wildman–Crippen MR) is 67.6 cm³/mol. The van der Waals surface area contributed by atoms with Gasteiger partial charge in [-0.15, -0.1) is 0 Å². The van der Waals surface area contributed by atoms with Gasteiger partial charge in [0.25, 0.3) is 10.1 Å². The number of hydrogen-bond donors (Lipinski definition) is 1. The zero-order chi connectivity index (χ0) is 16.7. The standard InChI is InChI=1S/C7H8O3S.C5H7F5/c8-11(9,10)6-7-4-2-1-3-5-7;1-2-3-4(6,7)5(8,9)10/h1-5H,6H2,(H,8,9,10);2-3H2,1H3. The Bertz CT molecular complexity index is 511. The highest BCUT2D eigenvalue weighted by molar-refractivity contribution is 7.85. The summed E-state index contributed by atoms with van der Waals surface area (Å²) < 4.78 is 86.6. The van der Waals surface area contributed by atoms with E-state index in [1.807, 2.05) is 0 Å². The fourth-order valence-electron chi connectivity index (χ4n) is 1.24. The zero-order valence-electron chi connectivity index (χ0n) is 11.1. The summed E-state index contributed by atoms with van der Waals surface area (Å²) in [5, 5.41) is 0. The van der Waals surface area contributed by atoms with Gasteiger partial charge < -0.3 is 0 Å². The summed E-state index contributed by atoms with van der Waals surface area (Å²) in [7, 11) is -3.88. The van der Waals surface area contributed by atoms with Crippen LogP contribution in [0.4, 0.5) is 22.0 Å². The maximum absolute atomic E-state index is 11.8. The summed E-state index contributed by atoms with van der Waals surface area (Å²) in [6, 6.07) is 8.52. The lowest BCUT2D eigenvalue weighted by Crippen LogP contribution is -2.35. The van der Waals surface area contributed by atoms with Crippen molar-refractivity contribution < 1.29 is 34.9 Å². The molecule has 1 rings (SSSR count). The van der Waals surface area contributed by atoms with Crippen LogP contribution >= 0.6 is 0 Å². The molecule has 1 aromatic rings. The highest BCUT2D eigenvalue weighted by Crippen LogP contribution is 2.38. The Hall–Kier alpha value is -1.22. The number of alkyl halides is 5. The summed E-state index contributed by atoms with van der Waals surface area (Å²) >= 11 is 0. The van der Waals surface area contributed by atoms with Crippen LogP contribution in [-0.2, 0) is 15.9 Å². The van der Waals surface area contributed by atoms with E-state index < -0.39 is 28.6 Å². The van der Waals surface area contributed by atoms with Crippen molar-refractivity contribution in [3.05, 3.63) is 35.9 Å². The first-order valence-electron chi connectivity index (χ1n) is 5.82. The van der Waals surface area contributed by atoms with Crippen LogP contribution in [0.25, 0.3) is 0 Å². The summed E-state index contributed by atoms with van der Waals surface area (Å²) in [4.78, 5) is 0. The average Bonchev–Trinajstić information content (AvgIpc) is 2.27. The average molecular weight is 334 g/mol. The van der Waals surface area contributed by atoms with E-state index >= 15 is 0 Å². The second-order valence-corrected chi connectivity index (χ2v) is 5.62. The molecule has 0 fully saturated rings. The van der Waals surface area contributed by atoms with E-state index in [1.165, 1.54) is 6.92 Å². The highest BCUT2D eigenvalue weighted by Gasteiger charge is 2.56. The van der Waals surface area contributed by atoms with Crippen LogP contribution in [-0.4, -0.2) is 25.1 Å². The van der Waals surface area contributed by atoms with Gasteiger partial charge in [0.2, 0.25) is 0 Å². The van der Waals surface area contributed by atoms with Gasteiger partial charge in [-0.05, 0) is 5.56 Å². The molecule has 0 aliphatic heterocycles. The molecule has 0 radical (unpaired) electrons. The Morgan fingerprint density at radius 2 is 1.52 bits per heavy atom. The van der Waals surface area contributed by atoms with Crippen molar-refractivity contribution in [2.75, 3.05) is 0 Å². The molecule has 0 atom stereocenters. The minimum Gasteiger partial charge on any atom is -0.285 e. The first-order chi connectivity index (χ1) is 9.39. The second kappa shape index (κ2) is 7.69. The number of halogens is 5. The molecular weight excluding hydrogens is 319 g/mol. The van der Waals surface area contributed by atoms with E-state index in [2.05, 4.69) is 0 Å². The van der Waals surface area contributed by atoms with Crippen LogP contribution in [0.3, 0.4) is 0 Å². The summed E-state index contributed by atoms with van der Waals surface area (Å²) in [5.41, 5.74) is 0.593. The molecule has 0 heterocycles. The Kier molecular flexibility index (Phi) is 7.25. The van der Waals surface area contributed by atoms with Crippen molar-refractivity contribution in [3.8, 4) is 0 Å². The summed E-state index contributed by atoms with van der Waals surface area (Å²) in [5.74, 6) is -4.82. The van der Waals surface area contributed by atoms with Gasteiger partial charge in [-0.3, -0.25) is 4.55 Å². The Morgan fingerprint density at radius 1 is 1.05 bits per heavy atom. The molecule has 0 unspecified atom stereocenters. The fourth-order valence-corrected chi connectivity index (χ4v) is 1.85. The van der Waals surface area contributed by atoms with Crippen LogP contribution in [0.5, 0.6) is 0 Å². The fraction of sp³-hybridized carbons (Fsp3) is 0.500. The SMILES string of the molecule is CCCC(F)(F)C(F)(F)F.O=S(=O)(O)Cc1ccccc1. The van der Waals surface area contributed by atoms with E-state index in [9.17, 15) is 30.4 Å². The van der Waals surface area contributed by atoms with E-state index in [4.69, 9.17) is 4.55 Å². The molecule has 0 aromatic heterocycles. The highest BCUT2D eigenvalue weighted by atomic mass is 32.2. The third kappa shape index (κ3) is 8.61. The summed E-state index contributed by atoms with van der Waals surface area (Å²) in [6.07, 6.45) is -6.69. The first kappa shape index (κ1) is 19.8. The van der Waals surface area contributed by atoms with Gasteiger partial charge in [-0.1, -0.05) is 43.7 Å². The Balaban J connectivity index is 0.000000384. The maximum atomic E-state index is 11.8. The monoisotopic (exact) mass is 334 g/mol. The van der Waals surface area contributed by atoms with Gasteiger partial charge in [0, 0.05) is 6.42 Å². The lowest BCUT2D eigenvalue weighted by molar-refractivity contribution is -0.284. The second-order valence-electron chi connectivity index (χ2n) is 4.16. The van der Waals surface area contributed by atoms with Crippen molar-refractivity contribution in [2.24, 2.45) is 0 Å². The largest absolute Gasteiger partial charge is 0.453 e. The topological polar surface area (TPSA) is 54.4 Å².